The van der Waals surface area contributed by atoms with Gasteiger partial charge in [-0.3, -0.25) is 9.59 Å². The van der Waals surface area contributed by atoms with Crippen molar-refractivity contribution in [2.45, 2.75) is 12.5 Å². The average Bonchev–Trinajstić information content (AvgIpc) is 3.35. The van der Waals surface area contributed by atoms with Gasteiger partial charge in [-0.05, 0) is 30.3 Å². The Labute approximate surface area is 174 Å². The van der Waals surface area contributed by atoms with E-state index in [0.29, 0.717) is 42.6 Å². The molecule has 8 heteroatoms. The molecule has 30 heavy (non-hydrogen) atoms. The summed E-state index contributed by atoms with van der Waals surface area (Å²) in [7, 11) is 4.06. The molecule has 8 nitrogen and oxygen atoms in total. The van der Waals surface area contributed by atoms with Crippen LogP contribution in [0, 0.1) is 0 Å². The number of aliphatic hydroxyl groups excluding tert-OH is 1. The van der Waals surface area contributed by atoms with Crippen molar-refractivity contribution in [3.05, 3.63) is 53.5 Å². The van der Waals surface area contributed by atoms with E-state index in [9.17, 15) is 14.7 Å². The summed E-state index contributed by atoms with van der Waals surface area (Å²) in [5.74, 6) is -0.113. The van der Waals surface area contributed by atoms with Crippen LogP contribution >= 0.6 is 0 Å². The summed E-state index contributed by atoms with van der Waals surface area (Å²) in [5.41, 5.74) is 0.398. The number of ether oxygens (including phenoxy) is 2. The first-order valence-electron chi connectivity index (χ1n) is 9.98. The molecule has 0 radical (unpaired) electrons. The predicted octanol–water partition coefficient (Wildman–Crippen LogP) is 1.01. The van der Waals surface area contributed by atoms with Crippen LogP contribution < -0.4 is 14.4 Å². The van der Waals surface area contributed by atoms with Crippen LogP contribution in [-0.2, 0) is 9.59 Å². The Morgan fingerprint density at radius 3 is 2.63 bits per heavy atom. The number of aliphatic hydroxyl groups is 1. The van der Waals surface area contributed by atoms with Crippen LogP contribution in [0.15, 0.2) is 46.6 Å². The van der Waals surface area contributed by atoms with Crippen LogP contribution in [0.25, 0.3) is 5.76 Å². The Hall–Kier alpha value is -3.26. The van der Waals surface area contributed by atoms with Crippen molar-refractivity contribution in [1.29, 1.82) is 0 Å². The molecule has 0 spiro atoms. The van der Waals surface area contributed by atoms with Crippen molar-refractivity contribution in [1.82, 2.24) is 4.90 Å². The Morgan fingerprint density at radius 2 is 1.93 bits per heavy atom. The van der Waals surface area contributed by atoms with Crippen LogP contribution in [-0.4, -0.2) is 62.1 Å². The SMILES string of the molecule is C[NH+](C)CCCN1C(=O)C(=O)/C(=C(\O)c2ccc3c(c2)OCCO3)[C@@H]1c1ccco1. The molecular weight excluding hydrogens is 388 g/mol. The second kappa shape index (κ2) is 8.23. The smallest absolute Gasteiger partial charge is 0.295 e. The highest BCUT2D eigenvalue weighted by Crippen LogP contribution is 2.41. The number of amides is 1. The highest BCUT2D eigenvalue weighted by atomic mass is 16.6. The molecule has 158 valence electrons. The molecule has 4 rings (SSSR count). The Balaban J connectivity index is 1.74. The van der Waals surface area contributed by atoms with Gasteiger partial charge in [0.05, 0.1) is 32.5 Å². The predicted molar refractivity (Wildman–Crippen MR) is 107 cm³/mol. The fourth-order valence-corrected chi connectivity index (χ4v) is 3.80. The van der Waals surface area contributed by atoms with Gasteiger partial charge >= 0.3 is 0 Å². The number of hydrogen-bond acceptors (Lipinski definition) is 6. The van der Waals surface area contributed by atoms with Crippen molar-refractivity contribution in [3.63, 3.8) is 0 Å². The molecule has 2 aliphatic rings. The molecule has 1 aromatic carbocycles. The van der Waals surface area contributed by atoms with E-state index in [4.69, 9.17) is 13.9 Å². The van der Waals surface area contributed by atoms with E-state index in [1.807, 2.05) is 14.1 Å². The lowest BCUT2D eigenvalue weighted by molar-refractivity contribution is -0.858. The lowest BCUT2D eigenvalue weighted by Crippen LogP contribution is -3.05. The number of quaternary nitrogens is 1. The van der Waals surface area contributed by atoms with E-state index in [1.165, 1.54) is 16.1 Å². The van der Waals surface area contributed by atoms with Gasteiger partial charge in [-0.25, -0.2) is 0 Å². The number of furan rings is 1. The van der Waals surface area contributed by atoms with Gasteiger partial charge in [0.15, 0.2) is 11.5 Å². The average molecular weight is 413 g/mol. The third kappa shape index (κ3) is 3.66. The zero-order valence-corrected chi connectivity index (χ0v) is 17.0. The number of nitrogens with one attached hydrogen (secondary N) is 1. The molecule has 0 aliphatic carbocycles. The molecule has 1 atom stereocenters. The topological polar surface area (TPSA) is 93.7 Å². The zero-order chi connectivity index (χ0) is 21.3. The number of fused-ring (bicyclic) bond motifs is 1. The molecule has 1 aromatic heterocycles. The monoisotopic (exact) mass is 413 g/mol. The molecule has 3 heterocycles. The minimum atomic E-state index is -0.773. The molecule has 1 fully saturated rings. The number of carbonyl (C=O) groups is 2. The summed E-state index contributed by atoms with van der Waals surface area (Å²) in [6.07, 6.45) is 2.21. The van der Waals surface area contributed by atoms with Crippen molar-refractivity contribution < 1.29 is 33.5 Å². The maximum absolute atomic E-state index is 12.9. The van der Waals surface area contributed by atoms with Crippen LogP contribution in [0.4, 0.5) is 0 Å². The highest BCUT2D eigenvalue weighted by molar-refractivity contribution is 6.46. The van der Waals surface area contributed by atoms with Gasteiger partial charge in [0.1, 0.15) is 30.8 Å². The third-order valence-corrected chi connectivity index (χ3v) is 5.24. The fourth-order valence-electron chi connectivity index (χ4n) is 3.80. The second-order valence-electron chi connectivity index (χ2n) is 7.68. The maximum Gasteiger partial charge on any atom is 0.295 e. The van der Waals surface area contributed by atoms with E-state index in [2.05, 4.69) is 0 Å². The van der Waals surface area contributed by atoms with E-state index >= 15 is 0 Å². The first-order chi connectivity index (χ1) is 14.5. The van der Waals surface area contributed by atoms with Gasteiger partial charge in [0, 0.05) is 18.5 Å². The number of benzene rings is 1. The maximum atomic E-state index is 12.9. The standard InChI is InChI=1S/C22H24N2O6/c1-23(2)8-4-9-24-19(16-5-3-10-28-16)18(21(26)22(24)27)20(25)14-6-7-15-17(13-14)30-12-11-29-15/h3,5-7,10,13,19,25H,4,8-9,11-12H2,1-2H3/p+1/b20-18-/t19-/m0/s1. The van der Waals surface area contributed by atoms with Crippen LogP contribution in [0.1, 0.15) is 23.8 Å². The number of carbonyl (C=O) groups excluding carboxylic acids is 2. The number of hydrogen-bond donors (Lipinski definition) is 2. The van der Waals surface area contributed by atoms with Crippen molar-refractivity contribution in [2.24, 2.45) is 0 Å². The van der Waals surface area contributed by atoms with Crippen molar-refractivity contribution in [3.8, 4) is 11.5 Å². The summed E-state index contributed by atoms with van der Waals surface area (Å²) < 4.78 is 16.6. The number of likely N-dealkylation sites (tertiary alicyclic amines) is 1. The van der Waals surface area contributed by atoms with Crippen molar-refractivity contribution >= 4 is 17.4 Å². The highest BCUT2D eigenvalue weighted by Gasteiger charge is 2.47. The summed E-state index contributed by atoms with van der Waals surface area (Å²) in [4.78, 5) is 28.4. The Bertz CT molecular complexity index is 980. The minimum Gasteiger partial charge on any atom is -0.507 e. The summed E-state index contributed by atoms with van der Waals surface area (Å²) in [5, 5.41) is 11.0. The van der Waals surface area contributed by atoms with Gasteiger partial charge < -0.3 is 28.8 Å². The summed E-state index contributed by atoms with van der Waals surface area (Å²) >= 11 is 0. The largest absolute Gasteiger partial charge is 0.507 e. The van der Waals surface area contributed by atoms with E-state index < -0.39 is 17.7 Å². The van der Waals surface area contributed by atoms with Crippen LogP contribution in [0.3, 0.4) is 0 Å². The van der Waals surface area contributed by atoms with Crippen LogP contribution in [0.5, 0.6) is 11.5 Å². The van der Waals surface area contributed by atoms with E-state index in [1.54, 1.807) is 30.3 Å². The van der Waals surface area contributed by atoms with Gasteiger partial charge in [-0.1, -0.05) is 0 Å². The molecule has 1 amide bonds. The molecule has 0 unspecified atom stereocenters. The van der Waals surface area contributed by atoms with Gasteiger partial charge in [-0.2, -0.15) is 0 Å². The molecule has 0 bridgehead atoms. The number of nitrogens with zero attached hydrogens (tertiary/aromatic N) is 1. The molecule has 2 aromatic rings. The third-order valence-electron chi connectivity index (χ3n) is 5.24. The first-order valence-corrected chi connectivity index (χ1v) is 9.98. The number of rotatable bonds is 6. The zero-order valence-electron chi connectivity index (χ0n) is 17.0. The normalized spacial score (nSPS) is 20.2. The molecule has 2 N–H and O–H groups in total. The van der Waals surface area contributed by atoms with Gasteiger partial charge in [0.2, 0.25) is 0 Å². The van der Waals surface area contributed by atoms with Gasteiger partial charge in [0.25, 0.3) is 11.7 Å². The molecule has 2 aliphatic heterocycles. The summed E-state index contributed by atoms with van der Waals surface area (Å²) in [6.45, 7) is 2.09. The van der Waals surface area contributed by atoms with Gasteiger partial charge in [-0.15, -0.1) is 0 Å². The molecule has 1 saturated heterocycles. The van der Waals surface area contributed by atoms with E-state index in [-0.39, 0.29) is 11.3 Å². The second-order valence-corrected chi connectivity index (χ2v) is 7.68. The number of ketones is 1. The minimum absolute atomic E-state index is 0.0174. The molecule has 0 saturated carbocycles. The molecular formula is C22H25N2O6+. The Kier molecular flexibility index (Phi) is 5.50. The summed E-state index contributed by atoms with van der Waals surface area (Å²) in [6, 6.07) is 7.57. The van der Waals surface area contributed by atoms with E-state index in [0.717, 1.165) is 13.0 Å². The lowest BCUT2D eigenvalue weighted by Gasteiger charge is -2.23. The Morgan fingerprint density at radius 1 is 1.17 bits per heavy atom. The first kappa shape index (κ1) is 20.0. The number of Topliss-reactive ketones (excluding diaryl/α,β-unsaturated/α-hetero) is 1. The van der Waals surface area contributed by atoms with Crippen LogP contribution in [0.2, 0.25) is 0 Å². The quantitative estimate of drug-likeness (QED) is 0.417. The fraction of sp³-hybridized carbons (Fsp3) is 0.364. The van der Waals surface area contributed by atoms with Crippen molar-refractivity contribution in [2.75, 3.05) is 40.4 Å². The lowest BCUT2D eigenvalue weighted by atomic mass is 9.99.